The predicted molar refractivity (Wildman–Crippen MR) is 96.7 cm³/mol. The summed E-state index contributed by atoms with van der Waals surface area (Å²) in [6.07, 6.45) is 5.54. The minimum atomic E-state index is -0.0939. The molecule has 0 amide bonds. The first kappa shape index (κ1) is 16.1. The van der Waals surface area contributed by atoms with E-state index in [-0.39, 0.29) is 17.6 Å². The minimum absolute atomic E-state index is 0.0354. The van der Waals surface area contributed by atoms with E-state index >= 15 is 0 Å². The number of aromatic nitrogens is 1. The fraction of sp³-hybridized carbons (Fsp3) is 0.400. The molecule has 25 heavy (non-hydrogen) atoms. The first-order valence-electron chi connectivity index (χ1n) is 8.86. The van der Waals surface area contributed by atoms with Gasteiger partial charge < -0.3 is 10.5 Å². The lowest BCUT2D eigenvalue weighted by molar-refractivity contribution is 0.176. The quantitative estimate of drug-likeness (QED) is 0.591. The van der Waals surface area contributed by atoms with Gasteiger partial charge in [-0.1, -0.05) is 31.2 Å². The number of nitrogens with one attached hydrogen (secondary N) is 2. The summed E-state index contributed by atoms with van der Waals surface area (Å²) in [4.78, 5) is 0. The van der Waals surface area contributed by atoms with E-state index in [0.717, 1.165) is 36.8 Å². The molecule has 2 unspecified atom stereocenters. The highest BCUT2D eigenvalue weighted by molar-refractivity contribution is 5.89. The molecule has 1 aromatic carbocycles. The Labute approximate surface area is 147 Å². The molecule has 4 rings (SSSR count). The van der Waals surface area contributed by atoms with Crippen LogP contribution in [0.3, 0.4) is 0 Å². The van der Waals surface area contributed by atoms with Crippen LogP contribution in [0.5, 0.6) is 5.75 Å². The van der Waals surface area contributed by atoms with Crippen molar-refractivity contribution in [2.24, 2.45) is 11.1 Å². The molecule has 5 heteroatoms. The Morgan fingerprint density at radius 1 is 1.16 bits per heavy atom. The number of nitrogens with two attached hydrogens (primary N) is 1. The van der Waals surface area contributed by atoms with Crippen molar-refractivity contribution in [2.75, 3.05) is 0 Å². The van der Waals surface area contributed by atoms with Crippen LogP contribution in [-0.4, -0.2) is 10.4 Å². The lowest BCUT2D eigenvalue weighted by atomic mass is 9.86. The van der Waals surface area contributed by atoms with Crippen molar-refractivity contribution < 1.29 is 4.74 Å². The highest BCUT2D eigenvalue weighted by Crippen LogP contribution is 2.46. The molecule has 1 heterocycles. The number of benzene rings is 1. The number of ether oxygens (including phenoxy) is 1. The maximum absolute atomic E-state index is 8.42. The number of nitrogens with zero attached hydrogens (tertiary/aromatic N) is 1. The Morgan fingerprint density at radius 3 is 2.60 bits per heavy atom. The maximum Gasteiger partial charge on any atom is 0.137 e. The fourth-order valence-electron chi connectivity index (χ4n) is 3.52. The van der Waals surface area contributed by atoms with Crippen LogP contribution in [-0.2, 0) is 0 Å². The molecule has 0 aliphatic heterocycles. The average molecular weight is 336 g/mol. The average Bonchev–Trinajstić information content (AvgIpc) is 3.37. The normalized spacial score (nSPS) is 23.6. The molecular weight excluding hydrogens is 312 g/mol. The number of fused-ring (bicyclic) bond motifs is 1. The van der Waals surface area contributed by atoms with Crippen LogP contribution in [0.1, 0.15) is 55.9 Å². The van der Waals surface area contributed by atoms with Gasteiger partial charge in [0.1, 0.15) is 23.2 Å². The molecule has 1 fully saturated rings. The summed E-state index contributed by atoms with van der Waals surface area (Å²) < 4.78 is 7.89. The third-order valence-electron chi connectivity index (χ3n) is 5.49. The van der Waals surface area contributed by atoms with Crippen molar-refractivity contribution in [3.8, 4) is 5.75 Å². The van der Waals surface area contributed by atoms with E-state index in [9.17, 15) is 0 Å². The monoisotopic (exact) mass is 336 g/mol. The predicted octanol–water partition coefficient (Wildman–Crippen LogP) is 3.51. The first-order chi connectivity index (χ1) is 12.0. The summed E-state index contributed by atoms with van der Waals surface area (Å²) >= 11 is 0. The Bertz CT molecular complexity index is 881. The zero-order valence-electron chi connectivity index (χ0n) is 14.5. The second-order valence-electron chi connectivity index (χ2n) is 7.45. The number of hydrogen-bond acceptors (Lipinski definition) is 4. The molecule has 4 N–H and O–H groups in total. The zero-order chi connectivity index (χ0) is 17.6. The number of hydrogen-bond donors (Lipinski definition) is 3. The van der Waals surface area contributed by atoms with E-state index in [1.54, 1.807) is 16.8 Å². The van der Waals surface area contributed by atoms with Crippen molar-refractivity contribution in [3.05, 3.63) is 59.2 Å². The van der Waals surface area contributed by atoms with Crippen LogP contribution in [0.2, 0.25) is 0 Å². The van der Waals surface area contributed by atoms with Gasteiger partial charge in [-0.25, -0.2) is 0 Å². The highest BCUT2D eigenvalue weighted by Gasteiger charge is 2.43. The molecule has 2 aromatic rings. The van der Waals surface area contributed by atoms with Crippen LogP contribution in [0.15, 0.2) is 42.6 Å². The summed E-state index contributed by atoms with van der Waals surface area (Å²) in [7, 11) is 0. The van der Waals surface area contributed by atoms with Gasteiger partial charge in [-0.15, -0.1) is 0 Å². The molecule has 1 saturated carbocycles. The van der Waals surface area contributed by atoms with Crippen LogP contribution < -0.4 is 16.0 Å². The summed E-state index contributed by atoms with van der Waals surface area (Å²) in [6, 6.07) is 11.8. The van der Waals surface area contributed by atoms with E-state index in [4.69, 9.17) is 21.3 Å². The van der Waals surface area contributed by atoms with Gasteiger partial charge in [0.2, 0.25) is 0 Å². The van der Waals surface area contributed by atoms with Crippen molar-refractivity contribution in [3.63, 3.8) is 0 Å². The molecule has 0 bridgehead atoms. The van der Waals surface area contributed by atoms with E-state index in [1.165, 1.54) is 0 Å². The fourth-order valence-corrected chi connectivity index (χ4v) is 3.52. The standard InChI is InChI=1S/C20H24N4O/c1-20(10-11-20)19(23)24-12-13(6-9-18(24)22)25-17-8-7-16(21)14-4-2-3-5-15(14)17/h2-6,9,12,16-17,22-23H,7-8,10-11,21H2,1H3. The van der Waals surface area contributed by atoms with E-state index in [2.05, 4.69) is 19.1 Å². The van der Waals surface area contributed by atoms with Crippen LogP contribution in [0.25, 0.3) is 0 Å². The third kappa shape index (κ3) is 2.89. The van der Waals surface area contributed by atoms with Crippen molar-refractivity contribution >= 4 is 5.84 Å². The molecule has 0 spiro atoms. The van der Waals surface area contributed by atoms with Gasteiger partial charge in [-0.3, -0.25) is 15.4 Å². The Balaban J connectivity index is 1.63. The van der Waals surface area contributed by atoms with Gasteiger partial charge in [0, 0.05) is 11.5 Å². The topological polar surface area (TPSA) is 87.9 Å². The molecule has 0 radical (unpaired) electrons. The Kier molecular flexibility index (Phi) is 3.76. The molecule has 0 saturated heterocycles. The second-order valence-corrected chi connectivity index (χ2v) is 7.45. The SMILES string of the molecule is CC1(C(=N)n2cc(OC3CCC(N)c4ccccc43)ccc2=N)CC1. The molecule has 130 valence electrons. The highest BCUT2D eigenvalue weighted by atomic mass is 16.5. The van der Waals surface area contributed by atoms with Crippen molar-refractivity contribution in [1.82, 2.24) is 4.57 Å². The van der Waals surface area contributed by atoms with E-state index in [0.29, 0.717) is 17.1 Å². The van der Waals surface area contributed by atoms with Crippen molar-refractivity contribution in [2.45, 2.75) is 44.8 Å². The summed E-state index contributed by atoms with van der Waals surface area (Å²) in [5, 5.41) is 16.5. The lowest BCUT2D eigenvalue weighted by Crippen LogP contribution is -2.31. The summed E-state index contributed by atoms with van der Waals surface area (Å²) in [6.45, 7) is 2.08. The van der Waals surface area contributed by atoms with Gasteiger partial charge in [0.05, 0.1) is 6.20 Å². The van der Waals surface area contributed by atoms with E-state index < -0.39 is 0 Å². The zero-order valence-corrected chi connectivity index (χ0v) is 14.5. The van der Waals surface area contributed by atoms with Gasteiger partial charge in [0.25, 0.3) is 0 Å². The molecule has 1 aromatic heterocycles. The number of rotatable bonds is 3. The molecular formula is C20H24N4O. The van der Waals surface area contributed by atoms with Gasteiger partial charge in [-0.2, -0.15) is 0 Å². The van der Waals surface area contributed by atoms with Gasteiger partial charge in [-0.05, 0) is 48.9 Å². The smallest absolute Gasteiger partial charge is 0.137 e. The largest absolute Gasteiger partial charge is 0.484 e. The lowest BCUT2D eigenvalue weighted by Gasteiger charge is -2.30. The van der Waals surface area contributed by atoms with Crippen LogP contribution >= 0.6 is 0 Å². The Hall–Kier alpha value is -2.40. The molecule has 2 atom stereocenters. The van der Waals surface area contributed by atoms with Crippen LogP contribution in [0.4, 0.5) is 0 Å². The second kappa shape index (κ2) is 5.85. The van der Waals surface area contributed by atoms with E-state index in [1.807, 2.05) is 18.2 Å². The summed E-state index contributed by atoms with van der Waals surface area (Å²) in [5.41, 5.74) is 8.75. The minimum Gasteiger partial charge on any atom is -0.484 e. The Morgan fingerprint density at radius 2 is 1.88 bits per heavy atom. The molecule has 5 nitrogen and oxygen atoms in total. The van der Waals surface area contributed by atoms with Crippen LogP contribution in [0, 0.1) is 16.2 Å². The molecule has 2 aliphatic carbocycles. The van der Waals surface area contributed by atoms with Gasteiger partial charge in [0.15, 0.2) is 0 Å². The third-order valence-corrected chi connectivity index (χ3v) is 5.49. The first-order valence-corrected chi connectivity index (χ1v) is 8.86. The number of pyridine rings is 1. The van der Waals surface area contributed by atoms with Crippen molar-refractivity contribution in [1.29, 1.82) is 10.8 Å². The summed E-state index contributed by atoms with van der Waals surface area (Å²) in [5.74, 6) is 1.18. The van der Waals surface area contributed by atoms with Gasteiger partial charge >= 0.3 is 0 Å². The maximum atomic E-state index is 8.42. The molecule has 2 aliphatic rings.